The number of carbonyl (C=O) groups is 2. The number of ether oxygens (including phenoxy) is 1. The summed E-state index contributed by atoms with van der Waals surface area (Å²) in [5.74, 6) is -1.23. The Morgan fingerprint density at radius 1 is 1.25 bits per heavy atom. The minimum atomic E-state index is -1.12. The minimum absolute atomic E-state index is 0.122. The molecule has 104 valence electrons. The van der Waals surface area contributed by atoms with Crippen molar-refractivity contribution in [2.75, 3.05) is 12.4 Å². The number of benzene rings is 1. The molecular weight excluding hydrogens is 262 g/mol. The van der Waals surface area contributed by atoms with Crippen LogP contribution < -0.4 is 5.32 Å². The summed E-state index contributed by atoms with van der Waals surface area (Å²) in [4.78, 5) is 22.3. The normalized spacial score (nSPS) is 10.1. The van der Waals surface area contributed by atoms with E-state index in [9.17, 15) is 9.59 Å². The lowest BCUT2D eigenvalue weighted by atomic mass is 10.2. The average molecular weight is 275 g/mol. The summed E-state index contributed by atoms with van der Waals surface area (Å²) in [6.07, 6.45) is 0. The van der Waals surface area contributed by atoms with Gasteiger partial charge in [-0.3, -0.25) is 0 Å². The van der Waals surface area contributed by atoms with Gasteiger partial charge >= 0.3 is 11.9 Å². The number of aromatic carboxylic acids is 1. The van der Waals surface area contributed by atoms with Gasteiger partial charge in [0.2, 0.25) is 5.76 Å². The maximum Gasteiger partial charge on any atom is 0.371 e. The number of esters is 1. The van der Waals surface area contributed by atoms with Gasteiger partial charge in [0.25, 0.3) is 0 Å². The van der Waals surface area contributed by atoms with Crippen molar-refractivity contribution in [3.05, 3.63) is 53.5 Å². The summed E-state index contributed by atoms with van der Waals surface area (Å²) in [5, 5.41) is 11.8. The Kier molecular flexibility index (Phi) is 4.05. The molecule has 0 fully saturated rings. The van der Waals surface area contributed by atoms with Crippen LogP contribution >= 0.6 is 0 Å². The molecule has 0 aliphatic heterocycles. The van der Waals surface area contributed by atoms with E-state index in [0.29, 0.717) is 17.0 Å². The fraction of sp³-hybridized carbons (Fsp3) is 0.143. The van der Waals surface area contributed by atoms with Crippen molar-refractivity contribution in [3.63, 3.8) is 0 Å². The number of para-hydroxylation sites is 1. The third-order valence-corrected chi connectivity index (χ3v) is 2.66. The summed E-state index contributed by atoms with van der Waals surface area (Å²) in [6, 6.07) is 9.82. The van der Waals surface area contributed by atoms with Gasteiger partial charge in [0.05, 0.1) is 19.2 Å². The Morgan fingerprint density at radius 3 is 2.65 bits per heavy atom. The third kappa shape index (κ3) is 2.97. The van der Waals surface area contributed by atoms with E-state index >= 15 is 0 Å². The van der Waals surface area contributed by atoms with Gasteiger partial charge in [0.1, 0.15) is 5.76 Å². The highest BCUT2D eigenvalue weighted by molar-refractivity contribution is 5.95. The number of hydrogen-bond acceptors (Lipinski definition) is 5. The Balaban J connectivity index is 2.10. The van der Waals surface area contributed by atoms with E-state index in [2.05, 4.69) is 10.1 Å². The van der Waals surface area contributed by atoms with Crippen LogP contribution in [-0.4, -0.2) is 24.2 Å². The van der Waals surface area contributed by atoms with Crippen LogP contribution in [-0.2, 0) is 11.3 Å². The zero-order chi connectivity index (χ0) is 14.5. The lowest BCUT2D eigenvalue weighted by molar-refractivity contribution is 0.0600. The Hall–Kier alpha value is -2.76. The van der Waals surface area contributed by atoms with Crippen LogP contribution in [0.1, 0.15) is 26.7 Å². The van der Waals surface area contributed by atoms with Crippen molar-refractivity contribution in [3.8, 4) is 0 Å². The van der Waals surface area contributed by atoms with Crippen LogP contribution in [0.3, 0.4) is 0 Å². The van der Waals surface area contributed by atoms with Gasteiger partial charge in [0.15, 0.2) is 0 Å². The van der Waals surface area contributed by atoms with Crippen molar-refractivity contribution in [2.24, 2.45) is 0 Å². The second kappa shape index (κ2) is 5.92. The molecule has 0 saturated heterocycles. The van der Waals surface area contributed by atoms with Crippen LogP contribution in [0.5, 0.6) is 0 Å². The van der Waals surface area contributed by atoms with Crippen molar-refractivity contribution in [1.29, 1.82) is 0 Å². The third-order valence-electron chi connectivity index (χ3n) is 2.66. The molecule has 6 heteroatoms. The molecule has 0 saturated carbocycles. The number of carboxylic acids is 1. The molecule has 0 unspecified atom stereocenters. The van der Waals surface area contributed by atoms with Crippen molar-refractivity contribution >= 4 is 17.6 Å². The van der Waals surface area contributed by atoms with Gasteiger partial charge in [-0.1, -0.05) is 12.1 Å². The molecular formula is C14H13NO5. The summed E-state index contributed by atoms with van der Waals surface area (Å²) in [7, 11) is 1.31. The van der Waals surface area contributed by atoms with Gasteiger partial charge in [0, 0.05) is 5.69 Å². The van der Waals surface area contributed by atoms with Gasteiger partial charge in [-0.05, 0) is 24.3 Å². The Bertz CT molecular complexity index is 632. The van der Waals surface area contributed by atoms with E-state index in [1.807, 2.05) is 0 Å². The molecule has 0 radical (unpaired) electrons. The van der Waals surface area contributed by atoms with E-state index in [-0.39, 0.29) is 12.3 Å². The zero-order valence-corrected chi connectivity index (χ0v) is 10.8. The van der Waals surface area contributed by atoms with Crippen LogP contribution in [0, 0.1) is 0 Å². The molecule has 0 aliphatic carbocycles. The molecule has 0 amide bonds. The van der Waals surface area contributed by atoms with E-state index in [1.165, 1.54) is 13.2 Å². The fourth-order valence-corrected chi connectivity index (χ4v) is 1.70. The zero-order valence-electron chi connectivity index (χ0n) is 10.8. The molecule has 6 nitrogen and oxygen atoms in total. The highest BCUT2D eigenvalue weighted by Gasteiger charge is 2.12. The molecule has 0 aliphatic rings. The van der Waals surface area contributed by atoms with Gasteiger partial charge in [-0.2, -0.15) is 0 Å². The monoisotopic (exact) mass is 275 g/mol. The van der Waals surface area contributed by atoms with Crippen LogP contribution in [0.2, 0.25) is 0 Å². The molecule has 1 heterocycles. The smallest absolute Gasteiger partial charge is 0.371 e. The SMILES string of the molecule is COC(=O)c1ccccc1NCc1ccc(C(=O)O)o1. The van der Waals surface area contributed by atoms with E-state index in [1.54, 1.807) is 30.3 Å². The predicted molar refractivity (Wildman–Crippen MR) is 70.8 cm³/mol. The summed E-state index contributed by atoms with van der Waals surface area (Å²) in [6.45, 7) is 0.265. The average Bonchev–Trinajstić information content (AvgIpc) is 2.93. The fourth-order valence-electron chi connectivity index (χ4n) is 1.70. The molecule has 0 atom stereocenters. The van der Waals surface area contributed by atoms with Crippen LogP contribution in [0.15, 0.2) is 40.8 Å². The Labute approximate surface area is 115 Å². The number of rotatable bonds is 5. The number of carbonyl (C=O) groups excluding carboxylic acids is 1. The number of carboxylic acid groups (broad SMARTS) is 1. The summed E-state index contributed by atoms with van der Waals surface area (Å²) < 4.78 is 9.80. The lowest BCUT2D eigenvalue weighted by Gasteiger charge is -2.09. The second-order valence-corrected chi connectivity index (χ2v) is 3.96. The highest BCUT2D eigenvalue weighted by atomic mass is 16.5. The topological polar surface area (TPSA) is 88.8 Å². The highest BCUT2D eigenvalue weighted by Crippen LogP contribution is 2.17. The maximum absolute atomic E-state index is 11.6. The molecule has 2 N–H and O–H groups in total. The molecule has 20 heavy (non-hydrogen) atoms. The van der Waals surface area contributed by atoms with Gasteiger partial charge in [-0.15, -0.1) is 0 Å². The molecule has 2 aromatic rings. The number of anilines is 1. The Morgan fingerprint density at radius 2 is 2.00 bits per heavy atom. The first-order chi connectivity index (χ1) is 9.61. The first kappa shape index (κ1) is 13.7. The van der Waals surface area contributed by atoms with Gasteiger partial charge < -0.3 is 19.6 Å². The predicted octanol–water partition coefficient (Wildman–Crippen LogP) is 2.38. The van der Waals surface area contributed by atoms with E-state index in [4.69, 9.17) is 9.52 Å². The molecule has 2 rings (SSSR count). The van der Waals surface area contributed by atoms with Crippen LogP contribution in [0.4, 0.5) is 5.69 Å². The standard InChI is InChI=1S/C14H13NO5/c1-19-14(18)10-4-2-3-5-11(10)15-8-9-6-7-12(20-9)13(16)17/h2-7,15H,8H2,1H3,(H,16,17). The molecule has 1 aromatic heterocycles. The minimum Gasteiger partial charge on any atom is -0.475 e. The van der Waals surface area contributed by atoms with Crippen molar-refractivity contribution in [2.45, 2.75) is 6.54 Å². The largest absolute Gasteiger partial charge is 0.475 e. The summed E-state index contributed by atoms with van der Waals surface area (Å²) >= 11 is 0. The number of nitrogens with one attached hydrogen (secondary N) is 1. The van der Waals surface area contributed by atoms with E-state index in [0.717, 1.165) is 0 Å². The second-order valence-electron chi connectivity index (χ2n) is 3.96. The van der Waals surface area contributed by atoms with Gasteiger partial charge in [-0.25, -0.2) is 9.59 Å². The van der Waals surface area contributed by atoms with Crippen molar-refractivity contribution < 1.29 is 23.8 Å². The molecule has 0 spiro atoms. The number of furan rings is 1. The van der Waals surface area contributed by atoms with E-state index < -0.39 is 11.9 Å². The number of hydrogen-bond donors (Lipinski definition) is 2. The summed E-state index contributed by atoms with van der Waals surface area (Å²) in [5.41, 5.74) is 0.993. The number of methoxy groups -OCH3 is 1. The molecule has 1 aromatic carbocycles. The first-order valence-corrected chi connectivity index (χ1v) is 5.85. The van der Waals surface area contributed by atoms with Crippen molar-refractivity contribution in [1.82, 2.24) is 0 Å². The quantitative estimate of drug-likeness (QED) is 0.814. The maximum atomic E-state index is 11.6. The lowest BCUT2D eigenvalue weighted by Crippen LogP contribution is -2.07. The first-order valence-electron chi connectivity index (χ1n) is 5.85. The van der Waals surface area contributed by atoms with Crippen LogP contribution in [0.25, 0.3) is 0 Å². The molecule has 0 bridgehead atoms.